The van der Waals surface area contributed by atoms with Gasteiger partial charge in [-0.2, -0.15) is 0 Å². The number of nitrogens with one attached hydrogen (secondary N) is 5. The molecule has 0 atom stereocenters. The predicted molar refractivity (Wildman–Crippen MR) is 502 cm³/mol. The van der Waals surface area contributed by atoms with Crippen LogP contribution in [0.5, 0.6) is 0 Å². The Kier molecular flexibility index (Phi) is 33.5. The monoisotopic (exact) mass is 1790 g/mol. The molecule has 0 aliphatic rings. The van der Waals surface area contributed by atoms with Crippen molar-refractivity contribution < 1.29 is 53.9 Å². The van der Waals surface area contributed by atoms with E-state index in [1.807, 2.05) is 150 Å². The van der Waals surface area contributed by atoms with Crippen LogP contribution in [0, 0.1) is 19.7 Å². The van der Waals surface area contributed by atoms with E-state index in [1.165, 1.54) is 24.3 Å². The smallest absolute Gasteiger partial charge is 0.338 e. The van der Waals surface area contributed by atoms with Crippen LogP contribution in [0.15, 0.2) is 214 Å². The molecule has 0 fully saturated rings. The number of rotatable bonds is 30. The Hall–Kier alpha value is -14.4. The lowest BCUT2D eigenvalue weighted by Crippen LogP contribution is -2.15. The molecule has 15 rings (SSSR count). The van der Waals surface area contributed by atoms with Crippen molar-refractivity contribution >= 4 is 53.0 Å². The molecule has 0 radical (unpaired) electrons. The van der Waals surface area contributed by atoms with E-state index in [0.717, 1.165) is 166 Å². The first-order chi connectivity index (χ1) is 62.3. The summed E-state index contributed by atoms with van der Waals surface area (Å²) >= 11 is 12.5. The molecule has 0 aliphatic heterocycles. The molecule has 0 spiro atoms. The Morgan fingerprint density at radius 1 is 0.315 bits per heavy atom. The van der Waals surface area contributed by atoms with Gasteiger partial charge >= 0.3 is 29.8 Å². The number of aromatic amines is 5. The van der Waals surface area contributed by atoms with Gasteiger partial charge in [-0.05, 0) is 217 Å². The third-order valence-electron chi connectivity index (χ3n) is 20.4. The highest BCUT2D eigenvalue weighted by atomic mass is 35.5. The van der Waals surface area contributed by atoms with Gasteiger partial charge in [-0.25, -0.2) is 53.3 Å². The lowest BCUT2D eigenvalue weighted by Gasteiger charge is -2.09. The molecule has 130 heavy (non-hydrogen) atoms. The van der Waals surface area contributed by atoms with Crippen LogP contribution in [0.3, 0.4) is 0 Å². The number of nitrogens with zero attached hydrogens (tertiary/aromatic N) is 15. The first kappa shape index (κ1) is 96.2. The molecule has 15 aromatic rings. The molecule has 0 saturated heterocycles. The molecule has 0 unspecified atom stereocenters. The van der Waals surface area contributed by atoms with E-state index < -0.39 is 35.7 Å². The number of H-pyrrole nitrogens is 5. The molecule has 10 heterocycles. The van der Waals surface area contributed by atoms with Crippen molar-refractivity contribution in [2.75, 3.05) is 103 Å². The van der Waals surface area contributed by atoms with Crippen LogP contribution >= 0.6 is 23.2 Å². The number of likely N-dealkylation sites (N-methyl/N-ethyl adjacent to an activating group) is 5. The number of benzene rings is 5. The van der Waals surface area contributed by atoms with Crippen molar-refractivity contribution in [1.82, 2.24) is 99.3 Å². The maximum atomic E-state index is 14.8. The summed E-state index contributed by atoms with van der Waals surface area (Å²) in [7, 11) is 20.0. The van der Waals surface area contributed by atoms with E-state index in [9.17, 15) is 53.9 Å². The quantitative estimate of drug-likeness (QED) is 0.0200. The average molecular weight is 1800 g/mol. The van der Waals surface area contributed by atoms with Gasteiger partial charge in [-0.3, -0.25) is 24.9 Å². The van der Waals surface area contributed by atoms with E-state index in [2.05, 4.69) is 74.4 Å². The standard InChI is InChI=1S/2C20H22N4O2.2C19H19ClN4O2.C19H19FN4O2/c1-13-10-15(12-16(11-13)20(25)26)19-18(14-4-7-21-8-5-14)22-17(23-19)6-9-24(2)3;1-13-15(5-4-6-16(13)20(25)26)19-18(14-7-10-21-11-8-14)22-17(23-19)9-12-24(2)3;1-24(2)8-5-16-22-17(12-3-6-21-7-4-12)18(23-16)13-9-14(19(25)26)11-15(20)10-13;2*1-24(2)11-8-15-22-17(12-6-9-21-10-7-12)18(23-15)13-4-3-5-14(16(13)20)19(25)26/h4-5,7-8,10-12H,6,9H2,1-3H3,(H,22,23)(H,25,26);4-8,10-11H,9,12H2,1-3H3,(H,22,23)(H,25,26);3-4,6-7,9-11H,5,8H2,1-2H3,(H,22,23)(H,25,26);2*3-7,9-10H,8,11H2,1-2H3,(H,22,23)(H,25,26). The van der Waals surface area contributed by atoms with E-state index in [4.69, 9.17) is 43.1 Å². The number of aromatic nitrogens is 15. The summed E-state index contributed by atoms with van der Waals surface area (Å²) in [6.07, 6.45) is 20.7. The minimum absolute atomic E-state index is 0.0642. The van der Waals surface area contributed by atoms with E-state index in [0.29, 0.717) is 56.7 Å². The van der Waals surface area contributed by atoms with Gasteiger partial charge in [0.25, 0.3) is 0 Å². The topological polar surface area (TPSA) is 411 Å². The largest absolute Gasteiger partial charge is 0.478 e. The van der Waals surface area contributed by atoms with Crippen LogP contribution in [0.4, 0.5) is 4.39 Å². The molecule has 10 aromatic heterocycles. The molecule has 0 saturated carbocycles. The number of carboxylic acid groups (broad SMARTS) is 5. The van der Waals surface area contributed by atoms with Crippen LogP contribution in [0.25, 0.3) is 113 Å². The summed E-state index contributed by atoms with van der Waals surface area (Å²) in [4.78, 5) is 128. The number of hydrogen-bond donors (Lipinski definition) is 10. The Morgan fingerprint density at radius 2 is 0.600 bits per heavy atom. The Balaban J connectivity index is 0.000000157. The molecule has 33 heteroatoms. The second-order valence-electron chi connectivity index (χ2n) is 31.6. The molecule has 30 nitrogen and oxygen atoms in total. The summed E-state index contributed by atoms with van der Waals surface area (Å²) < 4.78 is 14.8. The average Bonchev–Trinajstić information content (AvgIpc) is 1.64. The number of aryl methyl sites for hydroxylation is 1. The molecule has 0 aliphatic carbocycles. The van der Waals surface area contributed by atoms with Gasteiger partial charge in [0.2, 0.25) is 0 Å². The minimum atomic E-state index is -1.30. The van der Waals surface area contributed by atoms with Crippen molar-refractivity contribution in [2.45, 2.75) is 46.0 Å². The molecular weight excluding hydrogens is 1700 g/mol. The molecule has 0 amide bonds. The molecular formula is C97H101Cl2FN20O10. The van der Waals surface area contributed by atoms with Crippen molar-refractivity contribution in [3.05, 3.63) is 298 Å². The van der Waals surface area contributed by atoms with E-state index in [-0.39, 0.29) is 32.8 Å². The summed E-state index contributed by atoms with van der Waals surface area (Å²) in [6, 6.07) is 43.4. The highest BCUT2D eigenvalue weighted by Crippen LogP contribution is 2.40. The SMILES string of the molecule is CN(C)CCc1nc(-c2cc(Cl)cc(C(=O)O)c2)c(-c2ccncc2)[nH]1.CN(C)CCc1nc(-c2ccncc2)c(-c2cccc(C(=O)O)c2Cl)[nH]1.CN(C)CCc1nc(-c2ccncc2)c(-c2cccc(C(=O)O)c2F)[nH]1.Cc1c(C(=O)O)cccc1-c1[nH]c(CCN(C)C)nc1-c1ccncc1.Cc1cc(C(=O)O)cc(-c2nc(CCN(C)C)[nH]c2-c2ccncc2)c1. The third-order valence-corrected chi connectivity index (χ3v) is 21.0. The Labute approximate surface area is 761 Å². The van der Waals surface area contributed by atoms with Crippen molar-refractivity contribution in [3.8, 4) is 113 Å². The molecule has 670 valence electrons. The van der Waals surface area contributed by atoms with Crippen LogP contribution < -0.4 is 0 Å². The maximum Gasteiger partial charge on any atom is 0.338 e. The van der Waals surface area contributed by atoms with Crippen molar-refractivity contribution in [2.24, 2.45) is 0 Å². The maximum absolute atomic E-state index is 14.8. The Bertz CT molecular complexity index is 5870. The molecule has 5 aromatic carbocycles. The fourth-order valence-corrected chi connectivity index (χ4v) is 14.3. The fourth-order valence-electron chi connectivity index (χ4n) is 13.8. The number of pyridine rings is 5. The van der Waals surface area contributed by atoms with Gasteiger partial charge in [-0.1, -0.05) is 53.5 Å². The summed E-state index contributed by atoms with van der Waals surface area (Å²) in [5.41, 5.74) is 16.9. The second kappa shape index (κ2) is 45.3. The zero-order valence-electron chi connectivity index (χ0n) is 73.9. The van der Waals surface area contributed by atoms with Crippen LogP contribution in [0.2, 0.25) is 10.0 Å². The number of carboxylic acids is 5. The lowest BCUT2D eigenvalue weighted by atomic mass is 9.97. The van der Waals surface area contributed by atoms with Gasteiger partial charge in [-0.15, -0.1) is 0 Å². The predicted octanol–water partition coefficient (Wildman–Crippen LogP) is 16.8. The van der Waals surface area contributed by atoms with E-state index >= 15 is 0 Å². The summed E-state index contributed by atoms with van der Waals surface area (Å²) in [5.74, 6) is -1.93. The molecule has 0 bridgehead atoms. The minimum Gasteiger partial charge on any atom is -0.478 e. The van der Waals surface area contributed by atoms with Crippen LogP contribution in [-0.4, -0.2) is 258 Å². The van der Waals surface area contributed by atoms with Gasteiger partial charge in [0.15, 0.2) is 0 Å². The number of hydrogen-bond acceptors (Lipinski definition) is 20. The second-order valence-corrected chi connectivity index (χ2v) is 32.5. The normalized spacial score (nSPS) is 11.1. The van der Waals surface area contributed by atoms with E-state index in [1.54, 1.807) is 129 Å². The highest BCUT2D eigenvalue weighted by molar-refractivity contribution is 6.36. The van der Waals surface area contributed by atoms with Crippen LogP contribution in [-0.2, 0) is 32.1 Å². The summed E-state index contributed by atoms with van der Waals surface area (Å²) in [5, 5.41) is 47.2. The van der Waals surface area contributed by atoms with Gasteiger partial charge < -0.3 is 75.0 Å². The van der Waals surface area contributed by atoms with Gasteiger partial charge in [0.05, 0.1) is 89.8 Å². The number of aromatic carboxylic acids is 5. The first-order valence-electron chi connectivity index (χ1n) is 41.3. The lowest BCUT2D eigenvalue weighted by molar-refractivity contribution is 0.0681. The molecule has 10 N–H and O–H groups in total. The summed E-state index contributed by atoms with van der Waals surface area (Å²) in [6.45, 7) is 7.93. The third kappa shape index (κ3) is 25.7. The van der Waals surface area contributed by atoms with Crippen LogP contribution in [0.1, 0.15) is 92.0 Å². The van der Waals surface area contributed by atoms with Gasteiger partial charge in [0.1, 0.15) is 34.9 Å². The van der Waals surface area contributed by atoms with Crippen molar-refractivity contribution in [1.29, 1.82) is 0 Å². The number of carbonyl (C=O) groups is 5. The zero-order valence-corrected chi connectivity index (χ0v) is 75.4. The van der Waals surface area contributed by atoms with Crippen molar-refractivity contribution in [3.63, 3.8) is 0 Å². The van der Waals surface area contributed by atoms with Gasteiger partial charge in [0, 0.05) is 187 Å². The Morgan fingerprint density at radius 3 is 0.946 bits per heavy atom. The highest BCUT2D eigenvalue weighted by Gasteiger charge is 2.26. The first-order valence-corrected chi connectivity index (χ1v) is 42.0. The zero-order chi connectivity index (χ0) is 93.4. The fraction of sp³-hybridized carbons (Fsp3) is 0.227. The number of halogens is 3. The number of imidazole rings is 5.